The number of methoxy groups -OCH3 is 1. The molecular formula is C18H24K2O8. The molecule has 0 aliphatic rings. The number of hydrogen-bond donors (Lipinski definition) is 0. The zero-order valence-corrected chi connectivity index (χ0v) is 23.9. The van der Waals surface area contributed by atoms with Gasteiger partial charge in [-0.3, -0.25) is 4.79 Å². The van der Waals surface area contributed by atoms with Gasteiger partial charge in [-0.25, -0.2) is 4.79 Å². The zero-order valence-electron chi connectivity index (χ0n) is 17.6. The normalized spacial score (nSPS) is 9.46. The minimum Gasteiger partial charge on any atom is -0.652 e. The molecule has 0 spiro atoms. The van der Waals surface area contributed by atoms with Crippen LogP contribution in [-0.2, 0) is 14.3 Å². The molecule has 8 nitrogen and oxygen atoms in total. The van der Waals surface area contributed by atoms with Crippen molar-refractivity contribution in [3.63, 3.8) is 0 Å². The van der Waals surface area contributed by atoms with Crippen LogP contribution in [0.15, 0.2) is 18.2 Å². The van der Waals surface area contributed by atoms with E-state index in [1.54, 1.807) is 18.2 Å². The number of carbonyl (C=O) groups is 3. The first kappa shape index (κ1) is 33.1. The summed E-state index contributed by atoms with van der Waals surface area (Å²) in [7, 11) is 1.35. The molecule has 0 aliphatic carbocycles. The van der Waals surface area contributed by atoms with Gasteiger partial charge >= 0.3 is 115 Å². The number of rotatable bonds is 6. The Kier molecular flexibility index (Phi) is 20.4. The number of aryl methyl sites for hydroxylation is 1. The van der Waals surface area contributed by atoms with Gasteiger partial charge in [-0.05, 0) is 64.0 Å². The van der Waals surface area contributed by atoms with E-state index in [0.29, 0.717) is 30.8 Å². The van der Waals surface area contributed by atoms with Crippen molar-refractivity contribution < 1.29 is 142 Å². The Morgan fingerprint density at radius 1 is 1.07 bits per heavy atom. The largest absolute Gasteiger partial charge is 1.00 e. The van der Waals surface area contributed by atoms with Gasteiger partial charge in [-0.2, -0.15) is 0 Å². The molecule has 1 aromatic carbocycles. The molecule has 0 aromatic heterocycles. The van der Waals surface area contributed by atoms with Crippen molar-refractivity contribution in [2.24, 2.45) is 0 Å². The SMILES string of the molecule is COC(=O)c1ccc(OCCCC(=O)OC(C)(C)C)c(C)c1.O=C([O-])[O-].[K+].[K+]. The Hall–Kier alpha value is 0.503. The monoisotopic (exact) mass is 446 g/mol. The fourth-order valence-electron chi connectivity index (χ4n) is 1.85. The molecule has 1 aromatic rings. The first-order chi connectivity index (χ1) is 12.0. The van der Waals surface area contributed by atoms with Crippen LogP contribution in [0.5, 0.6) is 5.75 Å². The van der Waals surface area contributed by atoms with Crippen LogP contribution in [0.25, 0.3) is 0 Å². The van der Waals surface area contributed by atoms with Crippen molar-refractivity contribution in [1.82, 2.24) is 0 Å². The third kappa shape index (κ3) is 17.4. The molecule has 0 saturated carbocycles. The maximum absolute atomic E-state index is 11.6. The minimum absolute atomic E-state index is 0. The molecule has 10 heteroatoms. The number of esters is 2. The molecule has 0 saturated heterocycles. The Labute approximate surface area is 250 Å². The van der Waals surface area contributed by atoms with E-state index in [-0.39, 0.29) is 115 Å². The van der Waals surface area contributed by atoms with Gasteiger partial charge in [0.1, 0.15) is 11.4 Å². The molecule has 146 valence electrons. The summed E-state index contributed by atoms with van der Waals surface area (Å²) in [5.74, 6) is 0.0882. The first-order valence-electron chi connectivity index (χ1n) is 7.88. The van der Waals surface area contributed by atoms with Crippen LogP contribution < -0.4 is 118 Å². The van der Waals surface area contributed by atoms with Gasteiger partial charge in [-0.1, -0.05) is 0 Å². The summed E-state index contributed by atoms with van der Waals surface area (Å²) in [4.78, 5) is 31.3. The van der Waals surface area contributed by atoms with Crippen LogP contribution in [0.3, 0.4) is 0 Å². The second kappa shape index (κ2) is 17.2. The summed E-state index contributed by atoms with van der Waals surface area (Å²) in [5.41, 5.74) is 0.874. The summed E-state index contributed by atoms with van der Waals surface area (Å²) in [6.07, 6.45) is -1.44. The smallest absolute Gasteiger partial charge is 0.652 e. The van der Waals surface area contributed by atoms with Gasteiger partial charge in [0.05, 0.1) is 19.3 Å². The standard InChI is InChI=1S/C17H24O5.CH2O3.2K/c1-12-11-13(16(19)20-5)8-9-14(12)21-10-6-7-15(18)22-17(2,3)4;2-1(3)4;;/h8-9,11H,6-7,10H2,1-5H3;(H2,2,3,4);;/q;;2*+1/p-2. The Bertz CT molecular complexity index is 623. The number of hydrogen-bond acceptors (Lipinski definition) is 8. The quantitative estimate of drug-likeness (QED) is 0.241. The minimum atomic E-state index is -2.33. The number of benzene rings is 1. The molecular weight excluding hydrogens is 422 g/mol. The van der Waals surface area contributed by atoms with Gasteiger partial charge in [0.2, 0.25) is 0 Å². The number of ether oxygens (including phenoxy) is 3. The summed E-state index contributed by atoms with van der Waals surface area (Å²) in [6, 6.07) is 5.10. The summed E-state index contributed by atoms with van der Waals surface area (Å²) < 4.78 is 15.5. The van der Waals surface area contributed by atoms with Crippen molar-refractivity contribution >= 4 is 18.1 Å². The van der Waals surface area contributed by atoms with E-state index in [0.717, 1.165) is 5.56 Å². The molecule has 0 unspecified atom stereocenters. The first-order valence-corrected chi connectivity index (χ1v) is 7.88. The van der Waals surface area contributed by atoms with Gasteiger partial charge in [0, 0.05) is 6.42 Å². The van der Waals surface area contributed by atoms with Gasteiger partial charge < -0.3 is 29.2 Å². The van der Waals surface area contributed by atoms with E-state index in [9.17, 15) is 9.59 Å². The second-order valence-electron chi connectivity index (χ2n) is 6.26. The van der Waals surface area contributed by atoms with Gasteiger partial charge in [0.15, 0.2) is 0 Å². The average molecular weight is 447 g/mol. The second-order valence-corrected chi connectivity index (χ2v) is 6.26. The van der Waals surface area contributed by atoms with E-state index in [1.807, 2.05) is 27.7 Å². The molecule has 0 N–H and O–H groups in total. The molecule has 0 fully saturated rings. The van der Waals surface area contributed by atoms with Crippen molar-refractivity contribution in [3.05, 3.63) is 29.3 Å². The average Bonchev–Trinajstić information content (AvgIpc) is 2.49. The van der Waals surface area contributed by atoms with Crippen LogP contribution in [-0.4, -0.2) is 37.4 Å². The molecule has 0 heterocycles. The van der Waals surface area contributed by atoms with Crippen LogP contribution in [0.4, 0.5) is 4.79 Å². The van der Waals surface area contributed by atoms with E-state index in [1.165, 1.54) is 7.11 Å². The zero-order chi connectivity index (χ0) is 20.3. The van der Waals surface area contributed by atoms with Crippen LogP contribution >= 0.6 is 0 Å². The predicted molar refractivity (Wildman–Crippen MR) is 88.5 cm³/mol. The fraction of sp³-hybridized carbons (Fsp3) is 0.500. The van der Waals surface area contributed by atoms with Crippen molar-refractivity contribution in [3.8, 4) is 5.75 Å². The molecule has 0 aliphatic heterocycles. The summed E-state index contributed by atoms with van der Waals surface area (Å²) in [6.45, 7) is 7.79. The van der Waals surface area contributed by atoms with E-state index in [2.05, 4.69) is 4.74 Å². The van der Waals surface area contributed by atoms with E-state index < -0.39 is 11.8 Å². The molecule has 0 atom stereocenters. The fourth-order valence-corrected chi connectivity index (χ4v) is 1.85. The third-order valence-electron chi connectivity index (χ3n) is 2.80. The van der Waals surface area contributed by atoms with Crippen molar-refractivity contribution in [1.29, 1.82) is 0 Å². The number of carboxylic acid groups (broad SMARTS) is 2. The Morgan fingerprint density at radius 2 is 1.61 bits per heavy atom. The Balaban J connectivity index is -0.000000948. The van der Waals surface area contributed by atoms with Crippen molar-refractivity contribution in [2.75, 3.05) is 13.7 Å². The maximum Gasteiger partial charge on any atom is 1.00 e. The maximum atomic E-state index is 11.6. The van der Waals surface area contributed by atoms with E-state index >= 15 is 0 Å². The molecule has 0 radical (unpaired) electrons. The van der Waals surface area contributed by atoms with Crippen LogP contribution in [0, 0.1) is 6.92 Å². The van der Waals surface area contributed by atoms with Gasteiger partial charge in [0.25, 0.3) is 0 Å². The molecule has 0 bridgehead atoms. The Morgan fingerprint density at radius 3 is 2.04 bits per heavy atom. The van der Waals surface area contributed by atoms with E-state index in [4.69, 9.17) is 24.5 Å². The molecule has 1 rings (SSSR count). The third-order valence-corrected chi connectivity index (χ3v) is 2.80. The van der Waals surface area contributed by atoms with Crippen LogP contribution in [0.2, 0.25) is 0 Å². The molecule has 28 heavy (non-hydrogen) atoms. The van der Waals surface area contributed by atoms with Crippen LogP contribution in [0.1, 0.15) is 49.5 Å². The van der Waals surface area contributed by atoms with Gasteiger partial charge in [-0.15, -0.1) is 0 Å². The predicted octanol–water partition coefficient (Wildman–Crippen LogP) is -5.16. The summed E-state index contributed by atoms with van der Waals surface area (Å²) >= 11 is 0. The summed E-state index contributed by atoms with van der Waals surface area (Å²) in [5, 5.41) is 16.7. The number of carbonyl (C=O) groups excluding carboxylic acids is 3. The van der Waals surface area contributed by atoms with Crippen molar-refractivity contribution in [2.45, 2.75) is 46.1 Å². The topological polar surface area (TPSA) is 125 Å². The molecule has 0 amide bonds.